The van der Waals surface area contributed by atoms with Crippen molar-refractivity contribution in [3.8, 4) is 5.75 Å². The number of anilines is 1. The number of halogens is 1. The molecule has 0 heterocycles. The normalized spacial score (nSPS) is 13.8. The Hall–Kier alpha value is -3.02. The van der Waals surface area contributed by atoms with Gasteiger partial charge in [0.15, 0.2) is 0 Å². The maximum absolute atomic E-state index is 14.3. The van der Waals surface area contributed by atoms with Crippen LogP contribution in [0.2, 0.25) is 0 Å². The maximum Gasteiger partial charge on any atom is 0.341 e. The molecule has 0 amide bonds. The minimum Gasteiger partial charge on any atom is -0.503 e. The minimum absolute atomic E-state index is 0.169. The Bertz CT molecular complexity index is 861. The van der Waals surface area contributed by atoms with Crippen molar-refractivity contribution < 1.29 is 23.4 Å². The van der Waals surface area contributed by atoms with Gasteiger partial charge in [-0.3, -0.25) is 0 Å². The molecule has 0 spiro atoms. The fourth-order valence-electron chi connectivity index (χ4n) is 2.82. The second-order valence-corrected chi connectivity index (χ2v) is 6.67. The predicted octanol–water partition coefficient (Wildman–Crippen LogP) is 4.39. The van der Waals surface area contributed by atoms with Crippen molar-refractivity contribution in [1.29, 1.82) is 0 Å². The van der Waals surface area contributed by atoms with E-state index >= 15 is 0 Å². The van der Waals surface area contributed by atoms with Crippen molar-refractivity contribution in [1.82, 2.24) is 0 Å². The second-order valence-electron chi connectivity index (χ2n) is 6.67. The van der Waals surface area contributed by atoms with Crippen LogP contribution in [0.1, 0.15) is 24.0 Å². The molecular formula is C22H24FNO4. The molecule has 1 fully saturated rings. The molecule has 1 aliphatic rings. The van der Waals surface area contributed by atoms with E-state index in [-0.39, 0.29) is 18.0 Å². The van der Waals surface area contributed by atoms with Crippen LogP contribution in [-0.2, 0) is 20.9 Å². The molecule has 0 radical (unpaired) electrons. The molecule has 0 aromatic heterocycles. The minimum atomic E-state index is -0.508. The van der Waals surface area contributed by atoms with E-state index in [4.69, 9.17) is 14.2 Å². The molecule has 0 unspecified atom stereocenters. The highest BCUT2D eigenvalue weighted by Crippen LogP contribution is 2.30. The second kappa shape index (κ2) is 9.26. The topological polar surface area (TPSA) is 56.8 Å². The van der Waals surface area contributed by atoms with Crippen molar-refractivity contribution in [2.24, 2.45) is 5.92 Å². The highest BCUT2D eigenvalue weighted by molar-refractivity contribution is 6.16. The van der Waals surface area contributed by atoms with Crippen molar-refractivity contribution in [2.75, 3.05) is 26.1 Å². The van der Waals surface area contributed by atoms with Gasteiger partial charge < -0.3 is 19.5 Å². The van der Waals surface area contributed by atoms with Crippen molar-refractivity contribution in [2.45, 2.75) is 19.4 Å². The number of nitrogens with one attached hydrogen (secondary N) is 1. The van der Waals surface area contributed by atoms with Gasteiger partial charge in [-0.1, -0.05) is 24.3 Å². The molecular weight excluding hydrogens is 361 g/mol. The van der Waals surface area contributed by atoms with Crippen molar-refractivity contribution >= 4 is 17.2 Å². The number of esters is 1. The molecule has 0 aliphatic heterocycles. The molecule has 3 rings (SSSR count). The zero-order valence-electron chi connectivity index (χ0n) is 16.0. The first kappa shape index (κ1) is 19.7. The molecule has 0 atom stereocenters. The standard InChI is InChI=1S/C22H24FNO4/c1-26-14-19(22(25)27-2)18-6-4-3-5-16(18)13-28-17-9-10-21(20(23)11-17)24-12-15-7-8-15/h3-6,9-11,14-15,24H,7-8,12-13H2,1-2H3. The van der Waals surface area contributed by atoms with Gasteiger partial charge in [-0.05, 0) is 42.0 Å². The Morgan fingerprint density at radius 2 is 2.00 bits per heavy atom. The fourth-order valence-corrected chi connectivity index (χ4v) is 2.82. The molecule has 1 N–H and O–H groups in total. The van der Waals surface area contributed by atoms with Gasteiger partial charge >= 0.3 is 5.97 Å². The number of hydrogen-bond acceptors (Lipinski definition) is 5. The van der Waals surface area contributed by atoms with Gasteiger partial charge in [-0.25, -0.2) is 9.18 Å². The zero-order chi connectivity index (χ0) is 19.9. The van der Waals surface area contributed by atoms with E-state index in [1.807, 2.05) is 18.2 Å². The highest BCUT2D eigenvalue weighted by Gasteiger charge is 2.21. The lowest BCUT2D eigenvalue weighted by molar-refractivity contribution is -0.133. The summed E-state index contributed by atoms with van der Waals surface area (Å²) in [6.45, 7) is 0.967. The third-order valence-corrected chi connectivity index (χ3v) is 4.56. The first-order valence-corrected chi connectivity index (χ1v) is 9.18. The fraction of sp³-hybridized carbons (Fsp3) is 0.318. The first-order valence-electron chi connectivity index (χ1n) is 9.18. The van der Waals surface area contributed by atoms with Gasteiger partial charge in [0.05, 0.1) is 26.2 Å². The first-order chi connectivity index (χ1) is 13.6. The van der Waals surface area contributed by atoms with Crippen LogP contribution < -0.4 is 10.1 Å². The van der Waals surface area contributed by atoms with Crippen LogP contribution in [0.25, 0.3) is 5.57 Å². The summed E-state index contributed by atoms with van der Waals surface area (Å²) in [5.41, 5.74) is 2.16. The lowest BCUT2D eigenvalue weighted by Crippen LogP contribution is -2.08. The Balaban J connectivity index is 1.71. The largest absolute Gasteiger partial charge is 0.503 e. The number of carbonyl (C=O) groups excluding carboxylic acids is 1. The van der Waals surface area contributed by atoms with E-state index in [0.29, 0.717) is 22.9 Å². The zero-order valence-corrected chi connectivity index (χ0v) is 16.0. The quantitative estimate of drug-likeness (QED) is 0.394. The van der Waals surface area contributed by atoms with Gasteiger partial charge in [-0.15, -0.1) is 0 Å². The van der Waals surface area contributed by atoms with E-state index in [9.17, 15) is 9.18 Å². The average Bonchev–Trinajstić information content (AvgIpc) is 3.54. The third kappa shape index (κ3) is 5.03. The molecule has 148 valence electrons. The number of rotatable bonds is 9. The summed E-state index contributed by atoms with van der Waals surface area (Å²) >= 11 is 0. The summed E-state index contributed by atoms with van der Waals surface area (Å²) in [5, 5.41) is 3.13. The molecule has 1 aliphatic carbocycles. The predicted molar refractivity (Wildman–Crippen MR) is 105 cm³/mol. The molecule has 0 saturated heterocycles. The Morgan fingerprint density at radius 3 is 2.68 bits per heavy atom. The molecule has 6 heteroatoms. The van der Waals surface area contributed by atoms with Gasteiger partial charge in [0, 0.05) is 12.6 Å². The summed E-state index contributed by atoms with van der Waals surface area (Å²) in [6.07, 6.45) is 3.76. The molecule has 2 aromatic rings. The molecule has 1 saturated carbocycles. The van der Waals surface area contributed by atoms with Crippen LogP contribution in [0.5, 0.6) is 5.75 Å². The van der Waals surface area contributed by atoms with Gasteiger partial charge in [-0.2, -0.15) is 0 Å². The third-order valence-electron chi connectivity index (χ3n) is 4.56. The van der Waals surface area contributed by atoms with E-state index < -0.39 is 5.97 Å². The van der Waals surface area contributed by atoms with Gasteiger partial charge in [0.25, 0.3) is 0 Å². The van der Waals surface area contributed by atoms with Crippen LogP contribution in [0.3, 0.4) is 0 Å². The number of hydrogen-bond donors (Lipinski definition) is 1. The lowest BCUT2D eigenvalue weighted by Gasteiger charge is -2.13. The smallest absolute Gasteiger partial charge is 0.341 e. The molecule has 28 heavy (non-hydrogen) atoms. The summed E-state index contributed by atoms with van der Waals surface area (Å²) < 4.78 is 29.9. The lowest BCUT2D eigenvalue weighted by atomic mass is 10.0. The van der Waals surface area contributed by atoms with Crippen LogP contribution in [0, 0.1) is 11.7 Å². The van der Waals surface area contributed by atoms with Crippen LogP contribution >= 0.6 is 0 Å². The van der Waals surface area contributed by atoms with Crippen LogP contribution in [-0.4, -0.2) is 26.7 Å². The Labute approximate surface area is 164 Å². The number of methoxy groups -OCH3 is 2. The highest BCUT2D eigenvalue weighted by atomic mass is 19.1. The summed E-state index contributed by atoms with van der Waals surface area (Å²) in [5.74, 6) is 0.225. The average molecular weight is 385 g/mol. The van der Waals surface area contributed by atoms with E-state index in [1.165, 1.54) is 39.4 Å². The van der Waals surface area contributed by atoms with E-state index in [2.05, 4.69) is 5.32 Å². The van der Waals surface area contributed by atoms with Crippen LogP contribution in [0.4, 0.5) is 10.1 Å². The Morgan fingerprint density at radius 1 is 1.21 bits per heavy atom. The van der Waals surface area contributed by atoms with E-state index in [1.54, 1.807) is 18.2 Å². The van der Waals surface area contributed by atoms with Crippen molar-refractivity contribution in [3.63, 3.8) is 0 Å². The number of benzene rings is 2. The Kier molecular flexibility index (Phi) is 6.53. The molecule has 2 aromatic carbocycles. The molecule has 0 bridgehead atoms. The summed E-state index contributed by atoms with van der Waals surface area (Å²) in [7, 11) is 2.77. The summed E-state index contributed by atoms with van der Waals surface area (Å²) in [4.78, 5) is 12.1. The maximum atomic E-state index is 14.3. The number of ether oxygens (including phenoxy) is 3. The van der Waals surface area contributed by atoms with E-state index in [0.717, 1.165) is 12.1 Å². The SMILES string of the molecule is COC=C(C(=O)OC)c1ccccc1COc1ccc(NCC2CC2)c(F)c1. The number of carbonyl (C=O) groups is 1. The van der Waals surface area contributed by atoms with Gasteiger partial charge in [0.2, 0.25) is 0 Å². The van der Waals surface area contributed by atoms with Gasteiger partial charge in [0.1, 0.15) is 23.7 Å². The summed E-state index contributed by atoms with van der Waals surface area (Å²) in [6, 6.07) is 12.1. The van der Waals surface area contributed by atoms with Crippen LogP contribution in [0.15, 0.2) is 48.7 Å². The molecule has 5 nitrogen and oxygen atoms in total. The monoisotopic (exact) mass is 385 g/mol. The van der Waals surface area contributed by atoms with Crippen molar-refractivity contribution in [3.05, 3.63) is 65.7 Å².